The normalized spacial score (nSPS) is 10.9. The molecule has 0 aliphatic rings. The number of amides is 1. The first-order chi connectivity index (χ1) is 12.5. The Bertz CT molecular complexity index is 990. The van der Waals surface area contributed by atoms with Gasteiger partial charge in [-0.15, -0.1) is 11.3 Å². The second-order valence-electron chi connectivity index (χ2n) is 5.90. The quantitative estimate of drug-likeness (QED) is 0.718. The smallest absolute Gasteiger partial charge is 0.282 e. The average molecular weight is 371 g/mol. The van der Waals surface area contributed by atoms with Gasteiger partial charge in [-0.1, -0.05) is 13.8 Å². The van der Waals surface area contributed by atoms with Crippen molar-refractivity contribution in [1.82, 2.24) is 9.38 Å². The van der Waals surface area contributed by atoms with E-state index in [0.29, 0.717) is 28.6 Å². The Morgan fingerprint density at radius 2 is 2.00 bits per heavy atom. The van der Waals surface area contributed by atoms with Gasteiger partial charge in [-0.2, -0.15) is 0 Å². The number of aryl methyl sites for hydroxylation is 2. The molecule has 0 atom stereocenters. The Hall–Kier alpha value is -2.67. The molecule has 1 amide bonds. The highest BCUT2D eigenvalue weighted by Gasteiger charge is 2.16. The molecular weight excluding hydrogens is 350 g/mol. The maximum Gasteiger partial charge on any atom is 0.282 e. The summed E-state index contributed by atoms with van der Waals surface area (Å²) in [4.78, 5) is 30.5. The molecule has 2 aromatic heterocycles. The number of rotatable bonds is 6. The van der Waals surface area contributed by atoms with Gasteiger partial charge in [-0.05, 0) is 44.0 Å². The Morgan fingerprint density at radius 1 is 1.27 bits per heavy atom. The number of nitrogens with zero attached hydrogens (tertiary/aromatic N) is 2. The Balaban J connectivity index is 1.88. The fraction of sp³-hybridized carbons (Fsp3) is 0.316. The molecule has 3 rings (SSSR count). The zero-order valence-corrected chi connectivity index (χ0v) is 15.9. The van der Waals surface area contributed by atoms with E-state index in [1.807, 2.05) is 19.2 Å². The van der Waals surface area contributed by atoms with E-state index in [1.165, 1.54) is 11.3 Å². The fourth-order valence-corrected chi connectivity index (χ4v) is 3.61. The van der Waals surface area contributed by atoms with Crippen molar-refractivity contribution in [3.63, 3.8) is 0 Å². The molecule has 7 heteroatoms. The van der Waals surface area contributed by atoms with Crippen LogP contribution in [-0.2, 0) is 6.42 Å². The maximum atomic E-state index is 12.8. The molecule has 1 aromatic carbocycles. The van der Waals surface area contributed by atoms with Crippen molar-refractivity contribution in [1.29, 1.82) is 0 Å². The third kappa shape index (κ3) is 3.48. The number of aromatic nitrogens is 2. The predicted molar refractivity (Wildman–Crippen MR) is 104 cm³/mol. The highest BCUT2D eigenvalue weighted by molar-refractivity contribution is 7.15. The van der Waals surface area contributed by atoms with Gasteiger partial charge in [0.15, 0.2) is 4.96 Å². The Kier molecular flexibility index (Phi) is 5.37. The minimum atomic E-state index is -0.345. The third-order valence-electron chi connectivity index (χ3n) is 4.01. The minimum Gasteiger partial charge on any atom is -0.494 e. The first-order valence-corrected chi connectivity index (χ1v) is 9.47. The summed E-state index contributed by atoms with van der Waals surface area (Å²) in [5.74, 6) is 0.371. The number of anilines is 1. The second-order valence-corrected chi connectivity index (χ2v) is 6.74. The van der Waals surface area contributed by atoms with Gasteiger partial charge in [-0.3, -0.25) is 14.0 Å². The van der Waals surface area contributed by atoms with Crippen LogP contribution in [0.15, 0.2) is 34.4 Å². The number of carbonyl (C=O) groups excluding carboxylic acids is 1. The van der Waals surface area contributed by atoms with Gasteiger partial charge in [0.05, 0.1) is 12.3 Å². The zero-order valence-electron chi connectivity index (χ0n) is 15.0. The number of benzene rings is 1. The lowest BCUT2D eigenvalue weighted by molar-refractivity contribution is 0.102. The number of fused-ring (bicyclic) bond motifs is 1. The molecule has 0 spiro atoms. The summed E-state index contributed by atoms with van der Waals surface area (Å²) < 4.78 is 7.08. The summed E-state index contributed by atoms with van der Waals surface area (Å²) in [6.45, 7) is 6.37. The SMILES string of the molecule is CCCOc1ccc(C(=O)Nc2c(C)nc3scc(CC)n3c2=O)cc1. The van der Waals surface area contributed by atoms with E-state index in [0.717, 1.165) is 18.5 Å². The van der Waals surface area contributed by atoms with Crippen LogP contribution in [0.5, 0.6) is 5.75 Å². The lowest BCUT2D eigenvalue weighted by Crippen LogP contribution is -2.25. The van der Waals surface area contributed by atoms with E-state index in [1.54, 1.807) is 35.6 Å². The van der Waals surface area contributed by atoms with Crippen molar-refractivity contribution < 1.29 is 9.53 Å². The molecule has 0 radical (unpaired) electrons. The van der Waals surface area contributed by atoms with E-state index in [-0.39, 0.29) is 17.2 Å². The number of hydrogen-bond acceptors (Lipinski definition) is 5. The molecule has 0 fully saturated rings. The van der Waals surface area contributed by atoms with Gasteiger partial charge in [0.25, 0.3) is 11.5 Å². The number of ether oxygens (including phenoxy) is 1. The molecular formula is C19H21N3O3S. The molecule has 0 saturated carbocycles. The molecule has 0 saturated heterocycles. The average Bonchev–Trinajstić information content (AvgIpc) is 3.06. The van der Waals surface area contributed by atoms with Gasteiger partial charge in [-0.25, -0.2) is 4.98 Å². The minimum absolute atomic E-state index is 0.215. The van der Waals surface area contributed by atoms with Crippen LogP contribution in [0.25, 0.3) is 4.96 Å². The molecule has 1 N–H and O–H groups in total. The van der Waals surface area contributed by atoms with Gasteiger partial charge in [0.1, 0.15) is 11.4 Å². The standard InChI is InChI=1S/C19H21N3O3S/c1-4-10-25-15-8-6-13(7-9-15)17(23)21-16-12(3)20-19-22(18(16)24)14(5-2)11-26-19/h6-9,11H,4-5,10H2,1-3H3,(H,21,23). The van der Waals surface area contributed by atoms with Crippen LogP contribution in [0, 0.1) is 6.92 Å². The van der Waals surface area contributed by atoms with E-state index in [2.05, 4.69) is 10.3 Å². The summed E-state index contributed by atoms with van der Waals surface area (Å²) in [5.41, 5.74) is 1.82. The zero-order chi connectivity index (χ0) is 18.7. The third-order valence-corrected chi connectivity index (χ3v) is 4.89. The number of thiazole rings is 1. The number of hydrogen-bond donors (Lipinski definition) is 1. The Labute approximate surface area is 155 Å². The molecule has 3 aromatic rings. The number of carbonyl (C=O) groups is 1. The van der Waals surface area contributed by atoms with E-state index in [9.17, 15) is 9.59 Å². The number of nitrogens with one attached hydrogen (secondary N) is 1. The second kappa shape index (κ2) is 7.70. The topological polar surface area (TPSA) is 72.7 Å². The first-order valence-electron chi connectivity index (χ1n) is 8.59. The van der Waals surface area contributed by atoms with E-state index < -0.39 is 0 Å². The Morgan fingerprint density at radius 3 is 2.65 bits per heavy atom. The lowest BCUT2D eigenvalue weighted by atomic mass is 10.2. The van der Waals surface area contributed by atoms with Crippen LogP contribution in [0.1, 0.15) is 42.0 Å². The van der Waals surface area contributed by atoms with Crippen LogP contribution in [0.3, 0.4) is 0 Å². The van der Waals surface area contributed by atoms with Gasteiger partial charge in [0.2, 0.25) is 0 Å². The first kappa shape index (κ1) is 18.1. The molecule has 0 aliphatic heterocycles. The molecule has 136 valence electrons. The van der Waals surface area contributed by atoms with Gasteiger partial charge >= 0.3 is 0 Å². The van der Waals surface area contributed by atoms with E-state index in [4.69, 9.17) is 4.74 Å². The highest BCUT2D eigenvalue weighted by atomic mass is 32.1. The summed E-state index contributed by atoms with van der Waals surface area (Å²) in [7, 11) is 0. The van der Waals surface area contributed by atoms with Crippen LogP contribution < -0.4 is 15.6 Å². The van der Waals surface area contributed by atoms with Crippen LogP contribution in [0.2, 0.25) is 0 Å². The summed E-state index contributed by atoms with van der Waals surface area (Å²) in [6.07, 6.45) is 1.64. The monoisotopic (exact) mass is 371 g/mol. The van der Waals surface area contributed by atoms with Crippen molar-refractivity contribution in [3.8, 4) is 5.75 Å². The molecule has 6 nitrogen and oxygen atoms in total. The van der Waals surface area contributed by atoms with Crippen molar-refractivity contribution >= 4 is 27.9 Å². The largest absolute Gasteiger partial charge is 0.494 e. The van der Waals surface area contributed by atoms with Crippen LogP contribution >= 0.6 is 11.3 Å². The van der Waals surface area contributed by atoms with Crippen LogP contribution in [-0.4, -0.2) is 21.9 Å². The van der Waals surface area contributed by atoms with Crippen molar-refractivity contribution in [2.45, 2.75) is 33.6 Å². The van der Waals surface area contributed by atoms with Gasteiger partial charge < -0.3 is 10.1 Å². The summed E-state index contributed by atoms with van der Waals surface area (Å²) in [6, 6.07) is 6.86. The van der Waals surface area contributed by atoms with E-state index >= 15 is 0 Å². The van der Waals surface area contributed by atoms with Crippen LogP contribution in [0.4, 0.5) is 5.69 Å². The maximum absolute atomic E-state index is 12.8. The van der Waals surface area contributed by atoms with Crippen molar-refractivity contribution in [3.05, 3.63) is 57.0 Å². The molecule has 0 bridgehead atoms. The predicted octanol–water partition coefficient (Wildman–Crippen LogP) is 3.67. The summed E-state index contributed by atoms with van der Waals surface area (Å²) in [5, 5.41) is 4.64. The summed E-state index contributed by atoms with van der Waals surface area (Å²) >= 11 is 1.42. The molecule has 26 heavy (non-hydrogen) atoms. The molecule has 0 aliphatic carbocycles. The lowest BCUT2D eigenvalue weighted by Gasteiger charge is -2.09. The molecule has 2 heterocycles. The van der Waals surface area contributed by atoms with Gasteiger partial charge in [0, 0.05) is 16.6 Å². The highest BCUT2D eigenvalue weighted by Crippen LogP contribution is 2.18. The molecule has 0 unspecified atom stereocenters. The van der Waals surface area contributed by atoms with Crippen molar-refractivity contribution in [2.24, 2.45) is 0 Å². The fourth-order valence-electron chi connectivity index (χ4n) is 2.60. The van der Waals surface area contributed by atoms with Crippen molar-refractivity contribution in [2.75, 3.05) is 11.9 Å².